The number of para-hydroxylation sites is 1. The molecule has 168 valence electrons. The summed E-state index contributed by atoms with van der Waals surface area (Å²) in [5.41, 5.74) is 1.73. The van der Waals surface area contributed by atoms with E-state index in [4.69, 9.17) is 21.1 Å². The first-order valence-corrected chi connectivity index (χ1v) is 11.4. The Balaban J connectivity index is 1.85. The summed E-state index contributed by atoms with van der Waals surface area (Å²) in [6.45, 7) is 2.47. The molecule has 3 aromatic rings. The van der Waals surface area contributed by atoms with Crippen LogP contribution in [0, 0.1) is 20.7 Å². The number of halogens is 3. The molecule has 0 fully saturated rings. The maximum atomic E-state index is 13.1. The zero-order valence-corrected chi connectivity index (χ0v) is 20.5. The largest absolute Gasteiger partial charge is 0.490 e. The Morgan fingerprint density at radius 1 is 1.18 bits per heavy atom. The van der Waals surface area contributed by atoms with Gasteiger partial charge in [-0.05, 0) is 83.1 Å². The fourth-order valence-corrected chi connectivity index (χ4v) is 3.84. The average molecular weight is 577 g/mol. The van der Waals surface area contributed by atoms with Gasteiger partial charge in [0.05, 0.1) is 20.9 Å². The molecule has 0 atom stereocenters. The van der Waals surface area contributed by atoms with Gasteiger partial charge in [0, 0.05) is 0 Å². The second kappa shape index (κ2) is 11.7. The van der Waals surface area contributed by atoms with E-state index in [-0.39, 0.29) is 18.0 Å². The van der Waals surface area contributed by atoms with Gasteiger partial charge < -0.3 is 14.8 Å². The molecule has 3 aromatic carbocycles. The minimum Gasteiger partial charge on any atom is -0.490 e. The molecule has 8 heteroatoms. The molecule has 3 rings (SSSR count). The highest BCUT2D eigenvalue weighted by Gasteiger charge is 2.15. The Morgan fingerprint density at radius 3 is 2.58 bits per heavy atom. The molecule has 1 amide bonds. The summed E-state index contributed by atoms with van der Waals surface area (Å²) in [5.74, 6) is 0.112. The Labute approximate surface area is 209 Å². The Kier molecular flexibility index (Phi) is 8.69. The minimum atomic E-state index is -0.574. The van der Waals surface area contributed by atoms with E-state index in [9.17, 15) is 14.4 Å². The van der Waals surface area contributed by atoms with E-state index >= 15 is 0 Å². The van der Waals surface area contributed by atoms with Crippen LogP contribution >= 0.6 is 34.2 Å². The van der Waals surface area contributed by atoms with Crippen LogP contribution < -0.4 is 14.8 Å². The number of carbonyl (C=O) groups excluding carboxylic acids is 1. The fourth-order valence-electron chi connectivity index (χ4n) is 2.88. The van der Waals surface area contributed by atoms with Crippen molar-refractivity contribution in [1.82, 2.24) is 0 Å². The highest BCUT2D eigenvalue weighted by Crippen LogP contribution is 2.35. The van der Waals surface area contributed by atoms with Gasteiger partial charge >= 0.3 is 0 Å². The molecule has 33 heavy (non-hydrogen) atoms. The number of nitriles is 1. The quantitative estimate of drug-likeness (QED) is 0.186. The molecule has 0 saturated carbocycles. The molecule has 0 unspecified atom stereocenters. The number of rotatable bonds is 8. The van der Waals surface area contributed by atoms with Crippen LogP contribution in [0.15, 0.2) is 66.2 Å². The molecule has 0 aromatic heterocycles. The van der Waals surface area contributed by atoms with E-state index in [0.717, 1.165) is 9.13 Å². The van der Waals surface area contributed by atoms with Crippen molar-refractivity contribution in [2.24, 2.45) is 0 Å². The fraction of sp³-hybridized carbons (Fsp3) is 0.120. The smallest absolute Gasteiger partial charge is 0.266 e. The van der Waals surface area contributed by atoms with Crippen molar-refractivity contribution >= 4 is 51.9 Å². The third-order valence-corrected chi connectivity index (χ3v) is 5.56. The molecule has 0 spiro atoms. The summed E-state index contributed by atoms with van der Waals surface area (Å²) in [7, 11) is 0. The summed E-state index contributed by atoms with van der Waals surface area (Å²) >= 11 is 8.19. The predicted molar refractivity (Wildman–Crippen MR) is 135 cm³/mol. The third-order valence-electron chi connectivity index (χ3n) is 4.43. The lowest BCUT2D eigenvalue weighted by Crippen LogP contribution is -2.13. The second-order valence-electron chi connectivity index (χ2n) is 6.78. The van der Waals surface area contributed by atoms with Crippen LogP contribution in [0.2, 0.25) is 5.02 Å². The van der Waals surface area contributed by atoms with Crippen LogP contribution in [0.3, 0.4) is 0 Å². The summed E-state index contributed by atoms with van der Waals surface area (Å²) in [6.07, 6.45) is 1.47. The summed E-state index contributed by atoms with van der Waals surface area (Å²) in [5, 5.41) is 12.6. The average Bonchev–Trinajstić information content (AvgIpc) is 2.79. The van der Waals surface area contributed by atoms with Crippen LogP contribution in [-0.4, -0.2) is 12.5 Å². The number of nitrogens with one attached hydrogen (secondary N) is 1. The van der Waals surface area contributed by atoms with Crippen molar-refractivity contribution in [2.75, 3.05) is 11.9 Å². The predicted octanol–water partition coefficient (Wildman–Crippen LogP) is 6.61. The number of anilines is 1. The Morgan fingerprint density at radius 2 is 1.91 bits per heavy atom. The molecular weight excluding hydrogens is 558 g/mol. The second-order valence-corrected chi connectivity index (χ2v) is 8.35. The molecule has 0 aliphatic carbocycles. The van der Waals surface area contributed by atoms with Crippen molar-refractivity contribution in [3.05, 3.63) is 91.8 Å². The van der Waals surface area contributed by atoms with E-state index in [2.05, 4.69) is 27.9 Å². The van der Waals surface area contributed by atoms with Crippen molar-refractivity contribution in [3.8, 4) is 17.6 Å². The number of carbonyl (C=O) groups is 1. The topological polar surface area (TPSA) is 71.3 Å². The van der Waals surface area contributed by atoms with Crippen LogP contribution in [0.25, 0.3) is 6.08 Å². The zero-order valence-electron chi connectivity index (χ0n) is 17.6. The lowest BCUT2D eigenvalue weighted by Gasteiger charge is -2.15. The molecular formula is C25H19ClFIN2O3. The maximum Gasteiger partial charge on any atom is 0.266 e. The Hall–Kier alpha value is -3.09. The first-order valence-electron chi connectivity index (χ1n) is 9.92. The molecule has 0 aliphatic heterocycles. The number of hydrogen-bond donors (Lipinski definition) is 1. The molecule has 0 saturated heterocycles. The highest BCUT2D eigenvalue weighted by molar-refractivity contribution is 14.1. The van der Waals surface area contributed by atoms with Gasteiger partial charge in [0.1, 0.15) is 24.1 Å². The molecule has 0 aliphatic rings. The van der Waals surface area contributed by atoms with Crippen molar-refractivity contribution in [2.45, 2.75) is 13.5 Å². The van der Waals surface area contributed by atoms with E-state index in [0.29, 0.717) is 34.4 Å². The van der Waals surface area contributed by atoms with E-state index in [1.807, 2.05) is 13.0 Å². The minimum absolute atomic E-state index is 0.0897. The van der Waals surface area contributed by atoms with Gasteiger partial charge in [-0.3, -0.25) is 4.79 Å². The molecule has 5 nitrogen and oxygen atoms in total. The normalized spacial score (nSPS) is 10.9. The van der Waals surface area contributed by atoms with Crippen LogP contribution in [0.1, 0.15) is 18.1 Å². The number of ether oxygens (including phenoxy) is 2. The van der Waals surface area contributed by atoms with Crippen LogP contribution in [0.4, 0.5) is 10.1 Å². The maximum absolute atomic E-state index is 13.1. The van der Waals surface area contributed by atoms with E-state index in [1.165, 1.54) is 18.2 Å². The number of amides is 1. The SMILES string of the molecule is CCOc1cc(/C=C(\C#N)C(=O)Nc2ccccc2Cl)cc(I)c1OCc1ccc(F)cc1. The number of hydrogen-bond acceptors (Lipinski definition) is 4. The van der Waals surface area contributed by atoms with Gasteiger partial charge in [0.2, 0.25) is 0 Å². The van der Waals surface area contributed by atoms with Crippen molar-refractivity contribution in [1.29, 1.82) is 5.26 Å². The monoisotopic (exact) mass is 576 g/mol. The summed E-state index contributed by atoms with van der Waals surface area (Å²) in [4.78, 5) is 12.6. The van der Waals surface area contributed by atoms with Gasteiger partial charge in [-0.2, -0.15) is 5.26 Å². The molecule has 1 N–H and O–H groups in total. The standard InChI is InChI=1S/C25H19ClFIN2O3/c1-2-32-23-13-17(11-18(14-29)25(31)30-22-6-4-3-5-20(22)26)12-21(28)24(23)33-15-16-7-9-19(27)10-8-16/h3-13H,2,15H2,1H3,(H,30,31)/b18-11+. The van der Waals surface area contributed by atoms with Gasteiger partial charge in [0.25, 0.3) is 5.91 Å². The van der Waals surface area contributed by atoms with Gasteiger partial charge in [-0.15, -0.1) is 0 Å². The van der Waals surface area contributed by atoms with Crippen LogP contribution in [-0.2, 0) is 11.4 Å². The van der Waals surface area contributed by atoms with E-state index in [1.54, 1.807) is 48.5 Å². The van der Waals surface area contributed by atoms with Gasteiger partial charge in [-0.1, -0.05) is 35.9 Å². The number of benzene rings is 3. The van der Waals surface area contributed by atoms with Crippen molar-refractivity contribution in [3.63, 3.8) is 0 Å². The first kappa shape index (κ1) is 24.6. The highest BCUT2D eigenvalue weighted by atomic mass is 127. The molecule has 0 heterocycles. The number of nitrogens with zero attached hydrogens (tertiary/aromatic N) is 1. The molecule has 0 bridgehead atoms. The Bertz CT molecular complexity index is 1220. The lowest BCUT2D eigenvalue weighted by atomic mass is 10.1. The summed E-state index contributed by atoms with van der Waals surface area (Å²) < 4.78 is 25.5. The van der Waals surface area contributed by atoms with Crippen LogP contribution in [0.5, 0.6) is 11.5 Å². The third kappa shape index (κ3) is 6.70. The van der Waals surface area contributed by atoms with Gasteiger partial charge in [-0.25, -0.2) is 4.39 Å². The lowest BCUT2D eigenvalue weighted by molar-refractivity contribution is -0.112. The summed E-state index contributed by atoms with van der Waals surface area (Å²) in [6, 6.07) is 18.2. The zero-order chi connectivity index (χ0) is 23.8. The molecule has 0 radical (unpaired) electrons. The van der Waals surface area contributed by atoms with Crippen molar-refractivity contribution < 1.29 is 18.7 Å². The first-order chi connectivity index (χ1) is 15.9. The van der Waals surface area contributed by atoms with E-state index < -0.39 is 5.91 Å². The van der Waals surface area contributed by atoms with Gasteiger partial charge in [0.15, 0.2) is 11.5 Å².